The zero-order valence-electron chi connectivity index (χ0n) is 17.3. The van der Waals surface area contributed by atoms with Crippen LogP contribution in [0.5, 0.6) is 0 Å². The van der Waals surface area contributed by atoms with Crippen LogP contribution in [0.3, 0.4) is 0 Å². The van der Waals surface area contributed by atoms with E-state index >= 15 is 0 Å². The first-order valence-electron chi connectivity index (χ1n) is 9.17. The van der Waals surface area contributed by atoms with Gasteiger partial charge in [0.2, 0.25) is 6.41 Å². The Balaban J connectivity index is 0.000000314. The minimum atomic E-state index is -0.185. The van der Waals surface area contributed by atoms with Gasteiger partial charge in [-0.3, -0.25) is 9.69 Å². The fourth-order valence-electron chi connectivity index (χ4n) is 2.38. The molecule has 0 bridgehead atoms. The molecule has 0 spiro atoms. The van der Waals surface area contributed by atoms with Crippen LogP contribution in [0.4, 0.5) is 0 Å². The van der Waals surface area contributed by atoms with Crippen LogP contribution in [0.2, 0.25) is 0 Å². The molecular formula is C22H32N2O3. The smallest absolute Gasteiger partial charge is 0.218 e. The topological polar surface area (TPSA) is 42.0 Å². The number of hydrogen-bond acceptors (Lipinski definition) is 5. The lowest BCUT2D eigenvalue weighted by atomic mass is 10.0. The summed E-state index contributed by atoms with van der Waals surface area (Å²) in [5.41, 5.74) is 0.751. The molecule has 2 rings (SSSR count). The van der Waals surface area contributed by atoms with E-state index in [1.165, 1.54) is 0 Å². The van der Waals surface area contributed by atoms with Crippen LogP contribution < -0.4 is 0 Å². The second-order valence-electron chi connectivity index (χ2n) is 6.35. The molecule has 148 valence electrons. The van der Waals surface area contributed by atoms with Crippen LogP contribution in [0.25, 0.3) is 10.8 Å². The molecule has 0 aliphatic carbocycles. The minimum Gasteiger partial charge on any atom is -0.383 e. The van der Waals surface area contributed by atoms with E-state index in [1.54, 1.807) is 12.3 Å². The summed E-state index contributed by atoms with van der Waals surface area (Å²) >= 11 is 0. The lowest BCUT2D eigenvalue weighted by molar-refractivity contribution is -0.206. The maximum atomic E-state index is 12.0. The molecule has 0 heterocycles. The molecule has 0 fully saturated rings. The Morgan fingerprint density at radius 2 is 1.56 bits per heavy atom. The van der Waals surface area contributed by atoms with Crippen LogP contribution >= 0.6 is 0 Å². The molecule has 0 saturated heterocycles. The molecule has 0 N–H and O–H groups in total. The second kappa shape index (κ2) is 12.2. The first-order chi connectivity index (χ1) is 12.9. The molecular weight excluding hydrogens is 340 g/mol. The SMILES string of the molecule is CCOC(OCC)N(C)C.CN(C)C=CC(=O)c1cccc2ccccc12. The predicted octanol–water partition coefficient (Wildman–Crippen LogP) is 4.00. The molecule has 2 aromatic rings. The van der Waals surface area contributed by atoms with Crippen molar-refractivity contribution in [2.45, 2.75) is 20.3 Å². The lowest BCUT2D eigenvalue weighted by Crippen LogP contribution is -2.33. The highest BCUT2D eigenvalue weighted by Crippen LogP contribution is 2.19. The highest BCUT2D eigenvalue weighted by atomic mass is 16.7. The number of ketones is 1. The highest BCUT2D eigenvalue weighted by Gasteiger charge is 2.08. The van der Waals surface area contributed by atoms with Crippen LogP contribution in [-0.2, 0) is 9.47 Å². The maximum Gasteiger partial charge on any atom is 0.218 e. The fourth-order valence-corrected chi connectivity index (χ4v) is 2.38. The van der Waals surface area contributed by atoms with Crippen molar-refractivity contribution in [3.8, 4) is 0 Å². The molecule has 2 aromatic carbocycles. The van der Waals surface area contributed by atoms with Gasteiger partial charge in [-0.05, 0) is 38.7 Å². The van der Waals surface area contributed by atoms with Gasteiger partial charge in [0.05, 0.1) is 0 Å². The standard InChI is InChI=1S/C15H15NO.C7H17NO2/c1-16(2)11-10-15(17)14-9-5-7-12-6-3-4-8-13(12)14;1-5-9-7(8(3)4)10-6-2/h3-11H,1-2H3;7H,5-6H2,1-4H3. The van der Waals surface area contributed by atoms with Crippen molar-refractivity contribution in [3.63, 3.8) is 0 Å². The van der Waals surface area contributed by atoms with E-state index in [0.29, 0.717) is 13.2 Å². The molecule has 0 aliphatic heterocycles. The number of hydrogen-bond donors (Lipinski definition) is 0. The monoisotopic (exact) mass is 372 g/mol. The molecule has 0 atom stereocenters. The van der Waals surface area contributed by atoms with Gasteiger partial charge in [-0.15, -0.1) is 0 Å². The summed E-state index contributed by atoms with van der Waals surface area (Å²) in [4.78, 5) is 15.8. The summed E-state index contributed by atoms with van der Waals surface area (Å²) in [7, 11) is 7.64. The van der Waals surface area contributed by atoms with Gasteiger partial charge in [0.25, 0.3) is 0 Å². The summed E-state index contributed by atoms with van der Waals surface area (Å²) in [6.45, 7) is 5.27. The third kappa shape index (κ3) is 7.91. The third-order valence-electron chi connectivity index (χ3n) is 3.62. The molecule has 0 radical (unpaired) electrons. The molecule has 5 nitrogen and oxygen atoms in total. The van der Waals surface area contributed by atoms with E-state index < -0.39 is 0 Å². The van der Waals surface area contributed by atoms with Crippen LogP contribution in [0.15, 0.2) is 54.7 Å². The molecule has 0 unspecified atom stereocenters. The summed E-state index contributed by atoms with van der Waals surface area (Å²) in [5, 5.41) is 2.10. The molecule has 27 heavy (non-hydrogen) atoms. The Morgan fingerprint density at radius 1 is 0.963 bits per heavy atom. The average Bonchev–Trinajstić information content (AvgIpc) is 2.66. The van der Waals surface area contributed by atoms with E-state index in [4.69, 9.17) is 9.47 Å². The van der Waals surface area contributed by atoms with E-state index in [2.05, 4.69) is 0 Å². The summed E-state index contributed by atoms with van der Waals surface area (Å²) in [6.07, 6.45) is 3.18. The zero-order valence-corrected chi connectivity index (χ0v) is 17.3. The van der Waals surface area contributed by atoms with Crippen molar-refractivity contribution in [1.82, 2.24) is 9.80 Å². The number of carbonyl (C=O) groups is 1. The Labute approximate surface area is 163 Å². The van der Waals surface area contributed by atoms with Crippen molar-refractivity contribution in [2.24, 2.45) is 0 Å². The van der Waals surface area contributed by atoms with Gasteiger partial charge in [0, 0.05) is 45.1 Å². The lowest BCUT2D eigenvalue weighted by Gasteiger charge is -2.22. The first kappa shape index (κ1) is 22.8. The van der Waals surface area contributed by atoms with Crippen molar-refractivity contribution in [1.29, 1.82) is 0 Å². The van der Waals surface area contributed by atoms with Crippen molar-refractivity contribution >= 4 is 16.6 Å². The number of nitrogens with zero attached hydrogens (tertiary/aromatic N) is 2. The van der Waals surface area contributed by atoms with Gasteiger partial charge in [0.15, 0.2) is 5.78 Å². The number of benzene rings is 2. The zero-order chi connectivity index (χ0) is 20.2. The quantitative estimate of drug-likeness (QED) is 0.398. The van der Waals surface area contributed by atoms with Crippen molar-refractivity contribution in [2.75, 3.05) is 41.4 Å². The fraction of sp³-hybridized carbons (Fsp3) is 0.409. The second-order valence-corrected chi connectivity index (χ2v) is 6.35. The number of allylic oxidation sites excluding steroid dienone is 1. The number of carbonyl (C=O) groups excluding carboxylic acids is 1. The molecule has 0 saturated carbocycles. The van der Waals surface area contributed by atoms with Gasteiger partial charge in [-0.25, -0.2) is 0 Å². The average molecular weight is 373 g/mol. The number of ether oxygens (including phenoxy) is 2. The van der Waals surface area contributed by atoms with Gasteiger partial charge < -0.3 is 14.4 Å². The van der Waals surface area contributed by atoms with Crippen molar-refractivity contribution in [3.05, 3.63) is 60.3 Å². The van der Waals surface area contributed by atoms with Gasteiger partial charge in [-0.2, -0.15) is 0 Å². The van der Waals surface area contributed by atoms with Crippen LogP contribution in [0.1, 0.15) is 24.2 Å². The Kier molecular flexibility index (Phi) is 10.3. The molecule has 0 aromatic heterocycles. The van der Waals surface area contributed by atoms with Gasteiger partial charge >= 0.3 is 0 Å². The summed E-state index contributed by atoms with van der Waals surface area (Å²) in [5.74, 6) is 0.0375. The molecule has 0 amide bonds. The Morgan fingerprint density at radius 3 is 2.11 bits per heavy atom. The van der Waals surface area contributed by atoms with E-state index in [0.717, 1.165) is 16.3 Å². The highest BCUT2D eigenvalue weighted by molar-refractivity contribution is 6.13. The first-order valence-corrected chi connectivity index (χ1v) is 9.17. The van der Waals surface area contributed by atoms with Crippen LogP contribution in [-0.4, -0.2) is 63.4 Å². The third-order valence-corrected chi connectivity index (χ3v) is 3.62. The molecule has 0 aliphatic rings. The number of fused-ring (bicyclic) bond motifs is 1. The number of rotatable bonds is 8. The predicted molar refractivity (Wildman–Crippen MR) is 112 cm³/mol. The summed E-state index contributed by atoms with van der Waals surface area (Å²) < 4.78 is 10.5. The molecule has 5 heteroatoms. The van der Waals surface area contributed by atoms with Gasteiger partial charge in [-0.1, -0.05) is 42.5 Å². The van der Waals surface area contributed by atoms with E-state index in [1.807, 2.05) is 94.3 Å². The van der Waals surface area contributed by atoms with Crippen LogP contribution in [0, 0.1) is 0 Å². The Bertz CT molecular complexity index is 715. The summed E-state index contributed by atoms with van der Waals surface area (Å²) in [6, 6.07) is 13.7. The van der Waals surface area contributed by atoms with E-state index in [9.17, 15) is 4.79 Å². The Hall–Kier alpha value is -2.21. The largest absolute Gasteiger partial charge is 0.383 e. The van der Waals surface area contributed by atoms with E-state index in [-0.39, 0.29) is 12.2 Å². The van der Waals surface area contributed by atoms with Crippen molar-refractivity contribution < 1.29 is 14.3 Å². The van der Waals surface area contributed by atoms with Gasteiger partial charge in [0.1, 0.15) is 0 Å². The normalized spacial score (nSPS) is 11.1. The maximum absolute atomic E-state index is 12.0. The minimum absolute atomic E-state index is 0.0375.